The molecule has 3 amide bonds. The molecule has 0 aromatic carbocycles. The van der Waals surface area contributed by atoms with E-state index in [0.717, 1.165) is 20.9 Å². The van der Waals surface area contributed by atoms with Crippen molar-refractivity contribution in [3.05, 3.63) is 0 Å². The molecule has 1 aliphatic heterocycles. The number of amides is 3. The van der Waals surface area contributed by atoms with E-state index in [2.05, 4.69) is 9.84 Å². The van der Waals surface area contributed by atoms with Gasteiger partial charge in [0.1, 0.15) is 0 Å². The molecule has 0 bridgehead atoms. The zero-order chi connectivity index (χ0) is 28.4. The monoisotopic (exact) mass is 555 g/mol. The van der Waals surface area contributed by atoms with Crippen LogP contribution in [0.15, 0.2) is 0 Å². The number of hydrogen-bond donors (Lipinski definition) is 2. The van der Waals surface area contributed by atoms with E-state index in [1.807, 2.05) is 20.8 Å². The van der Waals surface area contributed by atoms with E-state index in [-0.39, 0.29) is 50.1 Å². The van der Waals surface area contributed by atoms with Gasteiger partial charge < -0.3 is 15.6 Å². The first kappa shape index (κ1) is 32.9. The maximum absolute atomic E-state index is 13.1. The van der Waals surface area contributed by atoms with Crippen LogP contribution in [0.5, 0.6) is 0 Å². The van der Waals surface area contributed by atoms with Crippen LogP contribution in [-0.2, 0) is 41.4 Å². The van der Waals surface area contributed by atoms with Crippen LogP contribution in [-0.4, -0.2) is 67.7 Å². The summed E-state index contributed by atoms with van der Waals surface area (Å²) in [4.78, 5) is 40.3. The Bertz CT molecular complexity index is 926. The third-order valence-electron chi connectivity index (χ3n) is 6.67. The zero-order valence-electron chi connectivity index (χ0n) is 23.1. The normalized spacial score (nSPS) is 20.6. The lowest BCUT2D eigenvalue weighted by Gasteiger charge is -2.50. The van der Waals surface area contributed by atoms with Gasteiger partial charge in [-0.15, -0.1) is 0 Å². The quantitative estimate of drug-likeness (QED) is 0.195. The van der Waals surface area contributed by atoms with Crippen LogP contribution >= 0.6 is 15.4 Å². The highest BCUT2D eigenvalue weighted by atomic mass is 31.3. The molecule has 1 heterocycles. The number of nitrogens with one attached hydrogen (secondary N) is 1. The minimum Gasteiger partial charge on any atom is -0.353 e. The number of carbonyl (C=O) groups excluding carboxylic acids is 3. The molecule has 12 nitrogen and oxygen atoms in total. The van der Waals surface area contributed by atoms with Gasteiger partial charge in [-0.2, -0.15) is 0 Å². The van der Waals surface area contributed by atoms with Crippen LogP contribution in [0.25, 0.3) is 0 Å². The Morgan fingerprint density at radius 2 is 1.56 bits per heavy atom. The second-order valence-electron chi connectivity index (χ2n) is 11.4. The summed E-state index contributed by atoms with van der Waals surface area (Å²) in [6.07, 6.45) is 0.454. The Hall–Kier alpha value is -1.13. The van der Waals surface area contributed by atoms with Crippen molar-refractivity contribution in [2.24, 2.45) is 16.6 Å². The van der Waals surface area contributed by atoms with Crippen molar-refractivity contribution in [1.29, 1.82) is 0 Å². The average molecular weight is 556 g/mol. The van der Waals surface area contributed by atoms with Gasteiger partial charge in [-0.05, 0) is 34.1 Å². The number of piperidine rings is 1. The predicted octanol–water partition coefficient (Wildman–Crippen LogP) is 3.45. The molecule has 3 N–H and O–H groups in total. The Morgan fingerprint density at radius 1 is 1.06 bits per heavy atom. The third kappa shape index (κ3) is 8.18. The fraction of sp³-hybridized carbons (Fsp3) is 0.864. The molecule has 1 saturated heterocycles. The predicted molar refractivity (Wildman–Crippen MR) is 135 cm³/mol. The van der Waals surface area contributed by atoms with Crippen LogP contribution in [0, 0.1) is 10.8 Å². The summed E-state index contributed by atoms with van der Waals surface area (Å²) in [5.74, 6) is -1.00. The molecule has 0 aromatic rings. The number of nitrogens with two attached hydrogens (primary N) is 1. The van der Waals surface area contributed by atoms with Crippen molar-refractivity contribution in [3.63, 3.8) is 0 Å². The molecule has 1 fully saturated rings. The second kappa shape index (κ2) is 11.3. The molecule has 1 aliphatic rings. The summed E-state index contributed by atoms with van der Waals surface area (Å²) in [6, 6.07) is 0. The maximum atomic E-state index is 13.1. The molecule has 36 heavy (non-hydrogen) atoms. The molecular formula is C22H43N3O9P2. The molecule has 14 heteroatoms. The minimum absolute atomic E-state index is 0.0497. The minimum atomic E-state index is -4.16. The Kier molecular flexibility index (Phi) is 10.3. The number of phosphoric acid groups is 1. The first-order chi connectivity index (χ1) is 16.0. The molecule has 0 saturated carbocycles. The van der Waals surface area contributed by atoms with Gasteiger partial charge in [0.2, 0.25) is 17.7 Å². The molecule has 0 aliphatic carbocycles. The third-order valence-corrected chi connectivity index (χ3v) is 10.3. The van der Waals surface area contributed by atoms with E-state index in [9.17, 15) is 23.5 Å². The van der Waals surface area contributed by atoms with Crippen LogP contribution in [0.2, 0.25) is 0 Å². The average Bonchev–Trinajstić information content (AvgIpc) is 2.68. The molecule has 0 aromatic heterocycles. The summed E-state index contributed by atoms with van der Waals surface area (Å²) in [5, 5.41) is 2.68. The van der Waals surface area contributed by atoms with Crippen molar-refractivity contribution >= 4 is 33.1 Å². The van der Waals surface area contributed by atoms with Crippen LogP contribution in [0.1, 0.15) is 67.7 Å². The summed E-state index contributed by atoms with van der Waals surface area (Å²) in [6.45, 7) is 13.2. The van der Waals surface area contributed by atoms with Gasteiger partial charge in [0.25, 0.3) is 0 Å². The fourth-order valence-electron chi connectivity index (χ4n) is 4.28. The largest absolute Gasteiger partial charge is 0.481 e. The Morgan fingerprint density at radius 3 is 1.97 bits per heavy atom. The maximum Gasteiger partial charge on any atom is 0.481 e. The fourth-order valence-corrected chi connectivity index (χ4v) is 6.88. The van der Waals surface area contributed by atoms with Crippen molar-refractivity contribution < 1.29 is 41.4 Å². The van der Waals surface area contributed by atoms with Gasteiger partial charge >= 0.3 is 15.4 Å². The SMILES string of the molecule is COP(C)(=O)OP(=O)(OC)OCCNC(=O)C(C)(C)CC(C)(C)N1C(=O)CC(C)(C(C)(C)N)CC1=O. The van der Waals surface area contributed by atoms with E-state index in [4.69, 9.17) is 19.1 Å². The molecule has 0 radical (unpaired) electrons. The number of carbonyl (C=O) groups is 3. The number of phosphoric ester groups is 1. The highest BCUT2D eigenvalue weighted by Crippen LogP contribution is 2.62. The smallest absolute Gasteiger partial charge is 0.353 e. The van der Waals surface area contributed by atoms with Gasteiger partial charge in [-0.3, -0.25) is 32.9 Å². The van der Waals surface area contributed by atoms with E-state index >= 15 is 0 Å². The van der Waals surface area contributed by atoms with Crippen molar-refractivity contribution in [2.75, 3.05) is 34.0 Å². The lowest BCUT2D eigenvalue weighted by atomic mass is 9.66. The summed E-state index contributed by atoms with van der Waals surface area (Å²) >= 11 is 0. The topological polar surface area (TPSA) is 164 Å². The second-order valence-corrected chi connectivity index (χ2v) is 15.5. The number of likely N-dealkylation sites (tertiary alicyclic amines) is 1. The number of rotatable bonds is 13. The van der Waals surface area contributed by atoms with Gasteiger partial charge in [-0.25, -0.2) is 8.88 Å². The first-order valence-corrected chi connectivity index (χ1v) is 15.1. The van der Waals surface area contributed by atoms with E-state index in [1.54, 1.807) is 27.7 Å². The molecule has 2 atom stereocenters. The Labute approximate surface area is 214 Å². The van der Waals surface area contributed by atoms with E-state index in [0.29, 0.717) is 0 Å². The number of imide groups is 1. The molecule has 0 spiro atoms. The van der Waals surface area contributed by atoms with Crippen molar-refractivity contribution in [1.82, 2.24) is 10.2 Å². The molecular weight excluding hydrogens is 512 g/mol. The molecule has 1 rings (SSSR count). The van der Waals surface area contributed by atoms with Gasteiger partial charge in [0.05, 0.1) is 6.61 Å². The summed E-state index contributed by atoms with van der Waals surface area (Å²) in [5.41, 5.74) is 2.96. The lowest BCUT2D eigenvalue weighted by Crippen LogP contribution is -2.63. The van der Waals surface area contributed by atoms with Crippen molar-refractivity contribution in [2.45, 2.75) is 78.8 Å². The standard InChI is InChI=1S/C22H43N3O9P2/c1-19(2,18(28)24-11-12-33-36(30,32-9)34-35(10,29)31-8)15-20(3,4)25-16(26)13-22(7,14-17(25)27)21(5,6)23/h11-15,23H2,1-10H3,(H,24,28). The number of nitrogens with zero attached hydrogens (tertiary/aromatic N) is 1. The molecule has 2 unspecified atom stereocenters. The van der Waals surface area contributed by atoms with Crippen LogP contribution in [0.4, 0.5) is 0 Å². The molecule has 210 valence electrons. The van der Waals surface area contributed by atoms with Crippen LogP contribution < -0.4 is 11.1 Å². The van der Waals surface area contributed by atoms with Crippen molar-refractivity contribution in [3.8, 4) is 0 Å². The number of hydrogen-bond acceptors (Lipinski definition) is 10. The first-order valence-electron chi connectivity index (χ1n) is 11.6. The summed E-state index contributed by atoms with van der Waals surface area (Å²) in [7, 11) is -5.59. The zero-order valence-corrected chi connectivity index (χ0v) is 24.9. The van der Waals surface area contributed by atoms with E-state index in [1.165, 1.54) is 4.90 Å². The van der Waals surface area contributed by atoms with Crippen LogP contribution in [0.3, 0.4) is 0 Å². The Balaban J connectivity index is 2.80. The van der Waals surface area contributed by atoms with Gasteiger partial charge in [0, 0.05) is 62.2 Å². The highest BCUT2D eigenvalue weighted by Gasteiger charge is 2.52. The van der Waals surface area contributed by atoms with E-state index < -0.39 is 37.3 Å². The lowest BCUT2D eigenvalue weighted by molar-refractivity contribution is -0.164. The highest BCUT2D eigenvalue weighted by molar-refractivity contribution is 7.64. The van der Waals surface area contributed by atoms with Gasteiger partial charge in [-0.1, -0.05) is 20.8 Å². The summed E-state index contributed by atoms with van der Waals surface area (Å²) < 4.78 is 43.6. The van der Waals surface area contributed by atoms with Gasteiger partial charge in [0.15, 0.2) is 0 Å².